The van der Waals surface area contributed by atoms with Crippen molar-refractivity contribution in [3.8, 4) is 5.75 Å². The molecule has 10 nitrogen and oxygen atoms in total. The SMILES string of the molecule is COCCN1CN(C)n2cc(C(=O)NCc3ccc(Cl)nc3)c(=O)c(O)c2C1=O. The molecule has 2 aromatic rings. The largest absolute Gasteiger partial charge is 0.502 e. The summed E-state index contributed by atoms with van der Waals surface area (Å²) in [5, 5.41) is 14.9. The topological polar surface area (TPSA) is 117 Å². The third-order valence-corrected chi connectivity index (χ3v) is 4.67. The number of aromatic nitrogens is 2. The molecular formula is C18H20ClN5O5. The van der Waals surface area contributed by atoms with Crippen LogP contribution in [0.1, 0.15) is 26.4 Å². The number of hydrogen-bond acceptors (Lipinski definition) is 7. The number of ether oxygens (including phenoxy) is 1. The second-order valence-electron chi connectivity index (χ2n) is 6.45. The highest BCUT2D eigenvalue weighted by Gasteiger charge is 2.32. The van der Waals surface area contributed by atoms with Crippen molar-refractivity contribution in [1.29, 1.82) is 0 Å². The number of carbonyl (C=O) groups excluding carboxylic acids is 2. The minimum Gasteiger partial charge on any atom is -0.502 e. The van der Waals surface area contributed by atoms with E-state index in [4.69, 9.17) is 16.3 Å². The maximum atomic E-state index is 12.7. The average Bonchev–Trinajstić information content (AvgIpc) is 2.70. The second kappa shape index (κ2) is 8.50. The smallest absolute Gasteiger partial charge is 0.277 e. The van der Waals surface area contributed by atoms with E-state index in [1.165, 1.54) is 29.1 Å². The number of amides is 2. The molecule has 0 saturated heterocycles. The average molecular weight is 422 g/mol. The van der Waals surface area contributed by atoms with Crippen LogP contribution in [0.25, 0.3) is 0 Å². The highest BCUT2D eigenvalue weighted by atomic mass is 35.5. The zero-order chi connectivity index (χ0) is 21.1. The van der Waals surface area contributed by atoms with Gasteiger partial charge >= 0.3 is 0 Å². The quantitative estimate of drug-likeness (QED) is 0.638. The Kier molecular flexibility index (Phi) is 6.04. The van der Waals surface area contributed by atoms with Crippen LogP contribution in [0.2, 0.25) is 5.15 Å². The van der Waals surface area contributed by atoms with Gasteiger partial charge in [0.1, 0.15) is 17.4 Å². The Balaban J connectivity index is 1.87. The maximum Gasteiger partial charge on any atom is 0.277 e. The third kappa shape index (κ3) is 4.17. The monoisotopic (exact) mass is 421 g/mol. The zero-order valence-electron chi connectivity index (χ0n) is 15.9. The molecule has 0 atom stereocenters. The predicted octanol–water partition coefficient (Wildman–Crippen LogP) is 0.160. The van der Waals surface area contributed by atoms with Crippen molar-refractivity contribution in [3.63, 3.8) is 0 Å². The van der Waals surface area contributed by atoms with Crippen molar-refractivity contribution in [1.82, 2.24) is 19.9 Å². The van der Waals surface area contributed by atoms with Gasteiger partial charge in [-0.05, 0) is 11.6 Å². The van der Waals surface area contributed by atoms with E-state index in [1.807, 2.05) is 0 Å². The molecule has 0 radical (unpaired) electrons. The number of nitrogens with one attached hydrogen (secondary N) is 1. The normalized spacial score (nSPS) is 13.4. The van der Waals surface area contributed by atoms with Gasteiger partial charge in [-0.2, -0.15) is 0 Å². The minimum atomic E-state index is -0.918. The van der Waals surface area contributed by atoms with Gasteiger partial charge in [0.2, 0.25) is 5.43 Å². The third-order valence-electron chi connectivity index (χ3n) is 4.45. The van der Waals surface area contributed by atoms with Gasteiger partial charge in [0.15, 0.2) is 11.4 Å². The first-order chi connectivity index (χ1) is 13.8. The summed E-state index contributed by atoms with van der Waals surface area (Å²) >= 11 is 5.73. The molecule has 0 aliphatic carbocycles. The maximum absolute atomic E-state index is 12.7. The van der Waals surface area contributed by atoms with Gasteiger partial charge < -0.3 is 20.1 Å². The Bertz CT molecular complexity index is 991. The van der Waals surface area contributed by atoms with E-state index < -0.39 is 23.0 Å². The van der Waals surface area contributed by atoms with Crippen molar-refractivity contribution in [2.45, 2.75) is 6.54 Å². The Morgan fingerprint density at radius 1 is 1.38 bits per heavy atom. The lowest BCUT2D eigenvalue weighted by molar-refractivity contribution is 0.0629. The fraction of sp³-hybridized carbons (Fsp3) is 0.333. The first-order valence-electron chi connectivity index (χ1n) is 8.70. The summed E-state index contributed by atoms with van der Waals surface area (Å²) in [6.45, 7) is 0.925. The Morgan fingerprint density at radius 2 is 2.14 bits per heavy atom. The summed E-state index contributed by atoms with van der Waals surface area (Å²) in [7, 11) is 3.18. The number of methoxy groups -OCH3 is 1. The summed E-state index contributed by atoms with van der Waals surface area (Å²) in [5.74, 6) is -1.98. The lowest BCUT2D eigenvalue weighted by Crippen LogP contribution is -2.53. The fourth-order valence-corrected chi connectivity index (χ4v) is 3.02. The van der Waals surface area contributed by atoms with Gasteiger partial charge in [0.05, 0.1) is 6.61 Å². The van der Waals surface area contributed by atoms with Crippen LogP contribution in [0.3, 0.4) is 0 Å². The molecule has 3 heterocycles. The van der Waals surface area contributed by atoms with Crippen molar-refractivity contribution < 1.29 is 19.4 Å². The standard InChI is InChI=1S/C18H20ClN5O5/c1-22-10-23(5-6-29-2)18(28)14-16(26)15(25)12(9-24(14)22)17(27)21-8-11-3-4-13(19)20-7-11/h3-4,7,9,26H,5-6,8,10H2,1-2H3,(H,21,27). The number of fused-ring (bicyclic) bond motifs is 1. The minimum absolute atomic E-state index is 0.116. The first kappa shape index (κ1) is 20.6. The molecule has 154 valence electrons. The lowest BCUT2D eigenvalue weighted by atomic mass is 10.1. The van der Waals surface area contributed by atoms with Crippen LogP contribution in [-0.4, -0.2) is 65.5 Å². The van der Waals surface area contributed by atoms with Gasteiger partial charge in [-0.3, -0.25) is 24.1 Å². The van der Waals surface area contributed by atoms with E-state index in [9.17, 15) is 19.5 Å². The van der Waals surface area contributed by atoms with Crippen molar-refractivity contribution in [2.24, 2.45) is 0 Å². The van der Waals surface area contributed by atoms with Crippen molar-refractivity contribution in [2.75, 3.05) is 39.0 Å². The molecule has 1 aliphatic rings. The molecule has 0 spiro atoms. The number of halogens is 1. The van der Waals surface area contributed by atoms with Crippen LogP contribution in [0.5, 0.6) is 5.75 Å². The number of hydrogen-bond donors (Lipinski definition) is 2. The molecule has 2 amide bonds. The molecule has 0 unspecified atom stereocenters. The van der Waals surface area contributed by atoms with Gasteiger partial charge in [-0.1, -0.05) is 17.7 Å². The summed E-state index contributed by atoms with van der Waals surface area (Å²) in [4.78, 5) is 43.1. The molecule has 1 aliphatic heterocycles. The predicted molar refractivity (Wildman–Crippen MR) is 105 cm³/mol. The van der Waals surface area contributed by atoms with Crippen LogP contribution >= 0.6 is 11.6 Å². The Hall–Kier alpha value is -3.11. The van der Waals surface area contributed by atoms with E-state index >= 15 is 0 Å². The van der Waals surface area contributed by atoms with E-state index in [2.05, 4.69) is 10.3 Å². The lowest BCUT2D eigenvalue weighted by Gasteiger charge is -2.37. The molecule has 0 aromatic carbocycles. The number of aromatic hydroxyl groups is 1. The number of rotatable bonds is 6. The molecule has 29 heavy (non-hydrogen) atoms. The summed E-state index contributed by atoms with van der Waals surface area (Å²) in [6.07, 6.45) is 2.75. The van der Waals surface area contributed by atoms with Crippen LogP contribution in [0, 0.1) is 0 Å². The highest BCUT2D eigenvalue weighted by Crippen LogP contribution is 2.20. The van der Waals surface area contributed by atoms with Crippen LogP contribution in [0.4, 0.5) is 0 Å². The fourth-order valence-electron chi connectivity index (χ4n) is 2.91. The highest BCUT2D eigenvalue weighted by molar-refractivity contribution is 6.29. The molecule has 0 fully saturated rings. The molecule has 11 heteroatoms. The molecule has 0 bridgehead atoms. The van der Waals surface area contributed by atoms with Crippen LogP contribution in [0.15, 0.2) is 29.3 Å². The molecule has 2 aromatic heterocycles. The number of nitrogens with zero attached hydrogens (tertiary/aromatic N) is 4. The summed E-state index contributed by atoms with van der Waals surface area (Å²) in [5.41, 5.74) is -0.707. The van der Waals surface area contributed by atoms with Crippen molar-refractivity contribution >= 4 is 23.4 Å². The van der Waals surface area contributed by atoms with E-state index in [1.54, 1.807) is 24.2 Å². The Labute approximate surface area is 171 Å². The van der Waals surface area contributed by atoms with Crippen LogP contribution in [-0.2, 0) is 11.3 Å². The van der Waals surface area contributed by atoms with Gasteiger partial charge in [-0.25, -0.2) is 4.98 Å². The van der Waals surface area contributed by atoms with Gasteiger partial charge in [0, 0.05) is 39.6 Å². The summed E-state index contributed by atoms with van der Waals surface area (Å²) < 4.78 is 6.29. The molecule has 3 rings (SSSR count). The Morgan fingerprint density at radius 3 is 2.79 bits per heavy atom. The molecule has 0 saturated carbocycles. The van der Waals surface area contributed by atoms with E-state index in [0.29, 0.717) is 23.9 Å². The molecular weight excluding hydrogens is 402 g/mol. The van der Waals surface area contributed by atoms with E-state index in [0.717, 1.165) is 0 Å². The molecule has 2 N–H and O–H groups in total. The van der Waals surface area contributed by atoms with Gasteiger partial charge in [-0.15, -0.1) is 0 Å². The van der Waals surface area contributed by atoms with Crippen LogP contribution < -0.4 is 15.8 Å². The number of carbonyl (C=O) groups is 2. The van der Waals surface area contributed by atoms with E-state index in [-0.39, 0.29) is 24.5 Å². The van der Waals surface area contributed by atoms with Crippen molar-refractivity contribution in [3.05, 3.63) is 56.7 Å². The number of pyridine rings is 2. The first-order valence-corrected chi connectivity index (χ1v) is 9.08. The zero-order valence-corrected chi connectivity index (χ0v) is 16.6. The second-order valence-corrected chi connectivity index (χ2v) is 6.83. The summed E-state index contributed by atoms with van der Waals surface area (Å²) in [6, 6.07) is 3.27. The van der Waals surface area contributed by atoms with Gasteiger partial charge in [0.25, 0.3) is 11.8 Å².